The van der Waals surface area contributed by atoms with Gasteiger partial charge in [-0.1, -0.05) is 25.3 Å². The van der Waals surface area contributed by atoms with Crippen molar-refractivity contribution in [2.75, 3.05) is 0 Å². The Balaban J connectivity index is 1.90. The number of rotatable bonds is 2. The lowest BCUT2D eigenvalue weighted by Crippen LogP contribution is -2.23. The number of fused-ring (bicyclic) bond motifs is 2. The number of pyridine rings is 1. The lowest BCUT2D eigenvalue weighted by molar-refractivity contribution is 0.444. The summed E-state index contributed by atoms with van der Waals surface area (Å²) in [5, 5.41) is 0.968. The van der Waals surface area contributed by atoms with Gasteiger partial charge in [0.25, 0.3) is 0 Å². The number of aryl methyl sites for hydroxylation is 1. The molecule has 0 unspecified atom stereocenters. The van der Waals surface area contributed by atoms with Crippen molar-refractivity contribution in [1.82, 2.24) is 4.57 Å². The van der Waals surface area contributed by atoms with Crippen molar-refractivity contribution >= 4 is 10.9 Å². The van der Waals surface area contributed by atoms with Crippen LogP contribution in [-0.2, 0) is 19.4 Å². The highest BCUT2D eigenvalue weighted by Gasteiger charge is 2.21. The molecule has 2 nitrogen and oxygen atoms in total. The molecule has 0 N–H and O–H groups in total. The first kappa shape index (κ1) is 15.0. The van der Waals surface area contributed by atoms with Crippen molar-refractivity contribution < 1.29 is 0 Å². The van der Waals surface area contributed by atoms with E-state index >= 15 is 0 Å². The van der Waals surface area contributed by atoms with Gasteiger partial charge in [-0.2, -0.15) is 0 Å². The Morgan fingerprint density at radius 1 is 1.04 bits per heavy atom. The molecular formula is C21H27NO. The first-order valence-electron chi connectivity index (χ1n) is 9.47. The molecule has 1 fully saturated rings. The molecular weight excluding hydrogens is 282 g/mol. The van der Waals surface area contributed by atoms with Crippen molar-refractivity contribution in [2.45, 2.75) is 77.2 Å². The summed E-state index contributed by atoms with van der Waals surface area (Å²) in [5.41, 5.74) is 5.27. The van der Waals surface area contributed by atoms with Crippen LogP contribution in [0.3, 0.4) is 0 Å². The van der Waals surface area contributed by atoms with E-state index in [2.05, 4.69) is 29.7 Å². The third-order valence-corrected chi connectivity index (χ3v) is 5.99. The summed E-state index contributed by atoms with van der Waals surface area (Å²) >= 11 is 0. The number of benzene rings is 1. The van der Waals surface area contributed by atoms with Crippen molar-refractivity contribution in [3.8, 4) is 0 Å². The Bertz CT molecular complexity index is 781. The summed E-state index contributed by atoms with van der Waals surface area (Å²) in [7, 11) is 0. The molecule has 0 bridgehead atoms. The van der Waals surface area contributed by atoms with Gasteiger partial charge in [-0.05, 0) is 69.1 Å². The van der Waals surface area contributed by atoms with E-state index in [-0.39, 0.29) is 0 Å². The van der Waals surface area contributed by atoms with Crippen LogP contribution in [0, 0.1) is 0 Å². The highest BCUT2D eigenvalue weighted by atomic mass is 16.1. The minimum absolute atomic E-state index is 0.317. The highest BCUT2D eigenvalue weighted by molar-refractivity contribution is 5.81. The van der Waals surface area contributed by atoms with Crippen LogP contribution in [0.25, 0.3) is 10.9 Å². The molecule has 1 heterocycles. The molecule has 0 radical (unpaired) electrons. The van der Waals surface area contributed by atoms with Crippen LogP contribution in [0.4, 0.5) is 0 Å². The third kappa shape index (κ3) is 2.52. The average molecular weight is 309 g/mol. The van der Waals surface area contributed by atoms with Crippen LogP contribution in [0.5, 0.6) is 0 Å². The molecule has 0 aliphatic heterocycles. The van der Waals surface area contributed by atoms with Crippen molar-refractivity contribution in [3.63, 3.8) is 0 Å². The fourth-order valence-electron chi connectivity index (χ4n) is 4.76. The van der Waals surface area contributed by atoms with Crippen LogP contribution in [0.1, 0.15) is 74.6 Å². The van der Waals surface area contributed by atoms with Gasteiger partial charge < -0.3 is 4.57 Å². The number of aromatic nitrogens is 1. The van der Waals surface area contributed by atoms with E-state index in [1.165, 1.54) is 56.2 Å². The maximum absolute atomic E-state index is 13.1. The maximum Gasteiger partial charge on any atom is 0.192 e. The summed E-state index contributed by atoms with van der Waals surface area (Å²) in [6.07, 6.45) is 11.1. The molecule has 122 valence electrons. The molecule has 1 saturated carbocycles. The van der Waals surface area contributed by atoms with Gasteiger partial charge in [0.1, 0.15) is 0 Å². The zero-order valence-electron chi connectivity index (χ0n) is 14.2. The monoisotopic (exact) mass is 309 g/mol. The highest BCUT2D eigenvalue weighted by Crippen LogP contribution is 2.34. The molecule has 1 aromatic heterocycles. The van der Waals surface area contributed by atoms with Gasteiger partial charge in [0, 0.05) is 23.2 Å². The van der Waals surface area contributed by atoms with Gasteiger partial charge in [-0.15, -0.1) is 0 Å². The quantitative estimate of drug-likeness (QED) is 0.769. The lowest BCUT2D eigenvalue weighted by Gasteiger charge is -2.25. The van der Waals surface area contributed by atoms with Crippen molar-refractivity contribution in [3.05, 3.63) is 45.2 Å². The van der Waals surface area contributed by atoms with Gasteiger partial charge in [0.15, 0.2) is 5.43 Å². The molecule has 23 heavy (non-hydrogen) atoms. The molecule has 0 atom stereocenters. The van der Waals surface area contributed by atoms with E-state index in [4.69, 9.17) is 0 Å². The Kier molecular flexibility index (Phi) is 4.00. The molecule has 2 aliphatic carbocycles. The van der Waals surface area contributed by atoms with Crippen molar-refractivity contribution in [2.24, 2.45) is 0 Å². The SMILES string of the molecule is CCn1c2c(c(=O)c3cc(C4CCCCC4)ccc31)CCCC2. The lowest BCUT2D eigenvalue weighted by atomic mass is 9.83. The molecule has 2 aromatic rings. The fraction of sp³-hybridized carbons (Fsp3) is 0.571. The van der Waals surface area contributed by atoms with Gasteiger partial charge in [-0.3, -0.25) is 4.79 Å². The standard InChI is InChI=1S/C21H27NO/c1-2-22-19-11-7-6-10-17(19)21(23)18-14-16(12-13-20(18)22)15-8-4-3-5-9-15/h12-15H,2-11H2,1H3. The number of hydrogen-bond acceptors (Lipinski definition) is 1. The van der Waals surface area contributed by atoms with Crippen LogP contribution < -0.4 is 5.43 Å². The molecule has 0 amide bonds. The molecule has 2 aliphatic rings. The average Bonchev–Trinajstić information content (AvgIpc) is 2.63. The molecule has 4 rings (SSSR count). The summed E-state index contributed by atoms with van der Waals surface area (Å²) in [5.74, 6) is 0.665. The minimum atomic E-state index is 0.317. The summed E-state index contributed by atoms with van der Waals surface area (Å²) in [4.78, 5) is 13.1. The first-order chi connectivity index (χ1) is 11.3. The van der Waals surface area contributed by atoms with E-state index in [0.29, 0.717) is 11.3 Å². The minimum Gasteiger partial charge on any atom is -0.344 e. The Morgan fingerprint density at radius 2 is 1.83 bits per heavy atom. The van der Waals surface area contributed by atoms with Crippen LogP contribution in [-0.4, -0.2) is 4.57 Å². The predicted molar refractivity (Wildman–Crippen MR) is 96.4 cm³/mol. The normalized spacial score (nSPS) is 19.0. The second kappa shape index (κ2) is 6.14. The second-order valence-corrected chi connectivity index (χ2v) is 7.32. The largest absolute Gasteiger partial charge is 0.344 e. The topological polar surface area (TPSA) is 22.0 Å². The first-order valence-corrected chi connectivity index (χ1v) is 9.47. The van der Waals surface area contributed by atoms with E-state index in [0.717, 1.165) is 35.9 Å². The van der Waals surface area contributed by atoms with Gasteiger partial charge in [0.2, 0.25) is 0 Å². The molecule has 2 heteroatoms. The van der Waals surface area contributed by atoms with Gasteiger partial charge in [0.05, 0.1) is 5.52 Å². The zero-order chi connectivity index (χ0) is 15.8. The van der Waals surface area contributed by atoms with Crippen LogP contribution in [0.2, 0.25) is 0 Å². The van der Waals surface area contributed by atoms with E-state index < -0.39 is 0 Å². The Hall–Kier alpha value is -1.57. The molecule has 0 saturated heterocycles. The molecule has 0 spiro atoms. The zero-order valence-corrected chi connectivity index (χ0v) is 14.2. The summed E-state index contributed by atoms with van der Waals surface area (Å²) < 4.78 is 2.40. The number of hydrogen-bond donors (Lipinski definition) is 0. The van der Waals surface area contributed by atoms with Crippen LogP contribution >= 0.6 is 0 Å². The van der Waals surface area contributed by atoms with E-state index in [9.17, 15) is 4.79 Å². The smallest absolute Gasteiger partial charge is 0.192 e. The predicted octanol–water partition coefficient (Wildman–Crippen LogP) is 4.95. The molecule has 1 aromatic carbocycles. The van der Waals surface area contributed by atoms with Gasteiger partial charge >= 0.3 is 0 Å². The summed E-state index contributed by atoms with van der Waals surface area (Å²) in [6, 6.07) is 6.74. The number of nitrogens with zero attached hydrogens (tertiary/aromatic N) is 1. The third-order valence-electron chi connectivity index (χ3n) is 5.99. The maximum atomic E-state index is 13.1. The Labute approximate surface area is 138 Å². The van der Waals surface area contributed by atoms with Crippen LogP contribution in [0.15, 0.2) is 23.0 Å². The summed E-state index contributed by atoms with van der Waals surface area (Å²) in [6.45, 7) is 3.16. The van der Waals surface area contributed by atoms with E-state index in [1.54, 1.807) is 0 Å². The Morgan fingerprint density at radius 3 is 2.61 bits per heavy atom. The fourth-order valence-corrected chi connectivity index (χ4v) is 4.76. The van der Waals surface area contributed by atoms with E-state index in [1.807, 2.05) is 0 Å². The second-order valence-electron chi connectivity index (χ2n) is 7.32. The van der Waals surface area contributed by atoms with Crippen molar-refractivity contribution in [1.29, 1.82) is 0 Å². The van der Waals surface area contributed by atoms with Gasteiger partial charge in [-0.25, -0.2) is 0 Å².